The number of hydrogen-bond donors (Lipinski definition) is 0. The summed E-state index contributed by atoms with van der Waals surface area (Å²) in [5.74, 6) is -0.322. The molecule has 0 N–H and O–H groups in total. The molecule has 0 radical (unpaired) electrons. The van der Waals surface area contributed by atoms with E-state index in [9.17, 15) is 9.90 Å². The fraction of sp³-hybridized carbons (Fsp3) is 0.611. The minimum atomic E-state index is -1.63. The highest BCUT2D eigenvalue weighted by atomic mass is 28.3. The molecule has 0 saturated heterocycles. The minimum absolute atomic E-state index is 0.322. The molecule has 0 aromatic heterocycles. The molecule has 1 atom stereocenters. The molecule has 0 unspecified atom stereocenters. The highest BCUT2D eigenvalue weighted by molar-refractivity contribution is 6.89. The molecule has 1 aliphatic rings. The summed E-state index contributed by atoms with van der Waals surface area (Å²) in [5.41, 5.74) is -0.0723. The Morgan fingerprint density at radius 3 is 2.32 bits per heavy atom. The van der Waals surface area contributed by atoms with Gasteiger partial charge < -0.3 is 9.84 Å². The molecule has 0 bridgehead atoms. The van der Waals surface area contributed by atoms with Crippen molar-refractivity contribution >= 4 is 19.2 Å². The standard InChI is InChI=1S/C18H27O3Si/c1-21-17(20)18(12-8-5-9-13-18)16(19)14-10-6-7-11-15(14)22(2,3)4/h6-7,10-11,16H,5,8-9,12-13H2,1-4H3/q-1/t16-/m0/s1. The Balaban J connectivity index is 2.48. The SMILES string of the molecule is COC(=O)C1([C@@H]([O-])c2ccccc2[Si](C)(C)C)CCCCC1. The first-order valence-corrected chi connectivity index (χ1v) is 11.7. The van der Waals surface area contributed by atoms with Crippen LogP contribution in [0.4, 0.5) is 0 Å². The van der Waals surface area contributed by atoms with E-state index >= 15 is 0 Å². The molecule has 4 heteroatoms. The highest BCUT2D eigenvalue weighted by Crippen LogP contribution is 2.45. The largest absolute Gasteiger partial charge is 0.848 e. The van der Waals surface area contributed by atoms with Crippen LogP contribution >= 0.6 is 0 Å². The molecule has 0 spiro atoms. The van der Waals surface area contributed by atoms with Gasteiger partial charge in [0.05, 0.1) is 20.6 Å². The number of carbonyl (C=O) groups excluding carboxylic acids is 1. The third kappa shape index (κ3) is 3.13. The highest BCUT2D eigenvalue weighted by Gasteiger charge is 2.43. The van der Waals surface area contributed by atoms with E-state index in [1.54, 1.807) is 0 Å². The van der Waals surface area contributed by atoms with Crippen molar-refractivity contribution in [2.45, 2.75) is 57.8 Å². The van der Waals surface area contributed by atoms with Gasteiger partial charge in [0.2, 0.25) is 0 Å². The molecule has 3 nitrogen and oxygen atoms in total. The van der Waals surface area contributed by atoms with Gasteiger partial charge in [0.25, 0.3) is 0 Å². The number of rotatable bonds is 4. The van der Waals surface area contributed by atoms with Gasteiger partial charge in [-0.25, -0.2) is 0 Å². The normalized spacial score (nSPS) is 19.5. The topological polar surface area (TPSA) is 49.4 Å². The summed E-state index contributed by atoms with van der Waals surface area (Å²) in [7, 11) is -0.236. The molecule has 2 rings (SSSR count). The zero-order valence-corrected chi connectivity index (χ0v) is 15.1. The average molecular weight is 319 g/mol. The number of benzene rings is 1. The van der Waals surface area contributed by atoms with Crippen molar-refractivity contribution in [2.24, 2.45) is 5.41 Å². The lowest BCUT2D eigenvalue weighted by atomic mass is 9.68. The van der Waals surface area contributed by atoms with E-state index in [-0.39, 0.29) is 5.97 Å². The quantitative estimate of drug-likeness (QED) is 0.633. The summed E-state index contributed by atoms with van der Waals surface area (Å²) in [4.78, 5) is 12.5. The smallest absolute Gasteiger partial charge is 0.311 e. The number of carbonyl (C=O) groups is 1. The summed E-state index contributed by atoms with van der Waals surface area (Å²) in [5, 5.41) is 14.6. The second kappa shape index (κ2) is 6.55. The van der Waals surface area contributed by atoms with Crippen LogP contribution in [0, 0.1) is 5.41 Å². The molecule has 1 aromatic rings. The maximum atomic E-state index is 13.4. The molecule has 0 heterocycles. The second-order valence-corrected chi connectivity index (χ2v) is 12.5. The Bertz CT molecular complexity index is 527. The van der Waals surface area contributed by atoms with E-state index in [1.165, 1.54) is 12.3 Å². The van der Waals surface area contributed by atoms with Crippen molar-refractivity contribution in [3.05, 3.63) is 29.8 Å². The van der Waals surface area contributed by atoms with Crippen LogP contribution in [0.3, 0.4) is 0 Å². The van der Waals surface area contributed by atoms with Crippen molar-refractivity contribution in [1.82, 2.24) is 0 Å². The van der Waals surface area contributed by atoms with Crippen molar-refractivity contribution in [3.8, 4) is 0 Å². The van der Waals surface area contributed by atoms with Gasteiger partial charge in [0.15, 0.2) is 0 Å². The maximum Gasteiger partial charge on any atom is 0.311 e. The van der Waals surface area contributed by atoms with E-state index in [0.717, 1.165) is 24.8 Å². The third-order valence-corrected chi connectivity index (χ3v) is 6.96. The molecular weight excluding hydrogens is 292 g/mol. The van der Waals surface area contributed by atoms with Crippen LogP contribution < -0.4 is 10.3 Å². The molecule has 122 valence electrons. The Hall–Kier alpha value is -1.13. The second-order valence-electron chi connectivity index (χ2n) is 7.43. The van der Waals surface area contributed by atoms with Crippen LogP contribution in [0.5, 0.6) is 0 Å². The van der Waals surface area contributed by atoms with Crippen molar-refractivity contribution in [2.75, 3.05) is 7.11 Å². The first kappa shape index (κ1) is 17.2. The first-order valence-electron chi connectivity index (χ1n) is 8.16. The van der Waals surface area contributed by atoms with Crippen LogP contribution in [-0.4, -0.2) is 21.2 Å². The van der Waals surface area contributed by atoms with E-state index in [4.69, 9.17) is 4.74 Å². The summed E-state index contributed by atoms with van der Waals surface area (Å²) in [6.45, 7) is 6.72. The van der Waals surface area contributed by atoms with E-state index in [0.29, 0.717) is 12.8 Å². The van der Waals surface area contributed by atoms with E-state index in [1.807, 2.05) is 18.2 Å². The number of ether oxygens (including phenoxy) is 1. The number of hydrogen-bond acceptors (Lipinski definition) is 3. The maximum absolute atomic E-state index is 13.4. The minimum Gasteiger partial charge on any atom is -0.848 e. The van der Waals surface area contributed by atoms with Crippen molar-refractivity contribution < 1.29 is 14.6 Å². The lowest BCUT2D eigenvalue weighted by Crippen LogP contribution is -2.50. The van der Waals surface area contributed by atoms with Crippen LogP contribution in [0.1, 0.15) is 43.8 Å². The number of esters is 1. The molecular formula is C18H27O3Si-. The summed E-state index contributed by atoms with van der Waals surface area (Å²) < 4.78 is 5.03. The van der Waals surface area contributed by atoms with Gasteiger partial charge in [-0.15, -0.1) is 0 Å². The summed E-state index contributed by atoms with van der Waals surface area (Å²) in [6.07, 6.45) is 3.23. The fourth-order valence-electron chi connectivity index (χ4n) is 3.67. The van der Waals surface area contributed by atoms with E-state index < -0.39 is 19.6 Å². The Morgan fingerprint density at radius 2 is 1.77 bits per heavy atom. The lowest BCUT2D eigenvalue weighted by Gasteiger charge is -2.46. The van der Waals surface area contributed by atoms with Crippen LogP contribution in [-0.2, 0) is 9.53 Å². The lowest BCUT2D eigenvalue weighted by molar-refractivity contribution is -0.453. The molecule has 1 aromatic carbocycles. The van der Waals surface area contributed by atoms with Gasteiger partial charge in [-0.1, -0.05) is 80.0 Å². The van der Waals surface area contributed by atoms with Crippen LogP contribution in [0.2, 0.25) is 19.6 Å². The molecule has 0 aliphatic heterocycles. The van der Waals surface area contributed by atoms with Gasteiger partial charge in [-0.05, 0) is 12.8 Å². The van der Waals surface area contributed by atoms with Crippen molar-refractivity contribution in [1.29, 1.82) is 0 Å². The zero-order valence-electron chi connectivity index (χ0n) is 14.1. The van der Waals surface area contributed by atoms with Crippen LogP contribution in [0.15, 0.2) is 24.3 Å². The molecule has 1 fully saturated rings. The third-order valence-electron chi connectivity index (χ3n) is 4.89. The molecule has 0 amide bonds. The number of methoxy groups -OCH3 is 1. The van der Waals surface area contributed by atoms with Crippen LogP contribution in [0.25, 0.3) is 0 Å². The monoisotopic (exact) mass is 319 g/mol. The molecule has 1 saturated carbocycles. The molecule has 1 aliphatic carbocycles. The Kier molecular flexibility index (Phi) is 5.13. The Morgan fingerprint density at radius 1 is 1.18 bits per heavy atom. The average Bonchev–Trinajstić information content (AvgIpc) is 2.53. The van der Waals surface area contributed by atoms with Gasteiger partial charge >= 0.3 is 5.97 Å². The zero-order chi connectivity index (χ0) is 16.4. The predicted octanol–water partition coefficient (Wildman–Crippen LogP) is 2.76. The van der Waals surface area contributed by atoms with E-state index in [2.05, 4.69) is 25.7 Å². The van der Waals surface area contributed by atoms with Gasteiger partial charge in [0, 0.05) is 0 Å². The molecule has 22 heavy (non-hydrogen) atoms. The summed E-state index contributed by atoms with van der Waals surface area (Å²) in [6, 6.07) is 7.90. The predicted molar refractivity (Wildman–Crippen MR) is 89.7 cm³/mol. The van der Waals surface area contributed by atoms with Gasteiger partial charge in [-0.3, -0.25) is 4.79 Å². The summed E-state index contributed by atoms with van der Waals surface area (Å²) >= 11 is 0. The van der Waals surface area contributed by atoms with Crippen molar-refractivity contribution in [3.63, 3.8) is 0 Å². The van der Waals surface area contributed by atoms with Gasteiger partial charge in [0.1, 0.15) is 0 Å². The van der Waals surface area contributed by atoms with Gasteiger partial charge in [-0.2, -0.15) is 0 Å². The Labute approximate surface area is 134 Å². The fourth-order valence-corrected chi connectivity index (χ4v) is 5.34. The first-order chi connectivity index (χ1) is 10.3.